The Kier molecular flexibility index (Phi) is 4.79. The van der Waals surface area contributed by atoms with Crippen LogP contribution in [0.25, 0.3) is 10.9 Å². The fourth-order valence-electron chi connectivity index (χ4n) is 4.96. The molecule has 0 spiro atoms. The molecule has 6 heteroatoms. The van der Waals surface area contributed by atoms with Gasteiger partial charge in [-0.2, -0.15) is 5.10 Å². The number of carbonyl (C=O) groups is 1. The molecule has 2 aliphatic rings. The normalized spacial score (nSPS) is 19.4. The monoisotopic (exact) mass is 406 g/mol. The van der Waals surface area contributed by atoms with Gasteiger partial charge in [-0.3, -0.25) is 14.4 Å². The number of nitrogens with zero attached hydrogens (tertiary/aromatic N) is 4. The smallest absolute Gasteiger partial charge is 0.178 e. The van der Waals surface area contributed by atoms with Crippen molar-refractivity contribution in [2.24, 2.45) is 0 Å². The number of para-hydroxylation sites is 1. The topological polar surface area (TPSA) is 63.3 Å². The number of hydrogen-bond donors (Lipinski definition) is 1. The van der Waals surface area contributed by atoms with Crippen molar-refractivity contribution in [2.45, 2.75) is 57.7 Å². The summed E-state index contributed by atoms with van der Waals surface area (Å²) in [5.41, 5.74) is 3.44. The van der Waals surface area contributed by atoms with Gasteiger partial charge >= 0.3 is 0 Å². The molecule has 30 heavy (non-hydrogen) atoms. The summed E-state index contributed by atoms with van der Waals surface area (Å²) in [5.74, 6) is 0.193. The van der Waals surface area contributed by atoms with Crippen LogP contribution in [0, 0.1) is 13.8 Å². The maximum absolute atomic E-state index is 13.0. The minimum Gasteiger partial charge on any atom is -0.388 e. The van der Waals surface area contributed by atoms with E-state index < -0.39 is 5.60 Å². The second kappa shape index (κ2) is 7.36. The SMILES string of the molecule is Cc1cc(C(=O)CN2CCC(O)(Cn3ncc4ccccc43)CC2)c(C)n1C1CC1. The first-order valence-corrected chi connectivity index (χ1v) is 11.0. The molecule has 1 N–H and O–H groups in total. The molecular weight excluding hydrogens is 376 g/mol. The lowest BCUT2D eigenvalue weighted by atomic mass is 9.91. The third-order valence-corrected chi connectivity index (χ3v) is 6.85. The van der Waals surface area contributed by atoms with Crippen molar-refractivity contribution in [1.29, 1.82) is 0 Å². The van der Waals surface area contributed by atoms with Gasteiger partial charge in [-0.1, -0.05) is 18.2 Å². The van der Waals surface area contributed by atoms with E-state index in [4.69, 9.17) is 0 Å². The van der Waals surface area contributed by atoms with Crippen molar-refractivity contribution in [2.75, 3.05) is 19.6 Å². The molecule has 1 aliphatic heterocycles. The molecule has 5 rings (SSSR count). The molecular formula is C24H30N4O2. The molecule has 1 aromatic carbocycles. The Morgan fingerprint density at radius 1 is 1.20 bits per heavy atom. The first-order valence-electron chi connectivity index (χ1n) is 11.0. The van der Waals surface area contributed by atoms with Crippen molar-refractivity contribution in [3.8, 4) is 0 Å². The fraction of sp³-hybridized carbons (Fsp3) is 0.500. The molecule has 2 fully saturated rings. The number of likely N-dealkylation sites (tertiary alicyclic amines) is 1. The van der Waals surface area contributed by atoms with Gasteiger partial charge in [-0.15, -0.1) is 0 Å². The van der Waals surface area contributed by atoms with Crippen LogP contribution in [0.5, 0.6) is 0 Å². The molecule has 1 saturated carbocycles. The Morgan fingerprint density at radius 3 is 2.67 bits per heavy atom. The molecule has 1 saturated heterocycles. The summed E-state index contributed by atoms with van der Waals surface area (Å²) in [5, 5.41) is 16.7. The summed E-state index contributed by atoms with van der Waals surface area (Å²) in [6.45, 7) is 6.54. The molecule has 3 aromatic rings. The van der Waals surface area contributed by atoms with E-state index in [9.17, 15) is 9.90 Å². The number of aryl methyl sites for hydroxylation is 1. The fourth-order valence-corrected chi connectivity index (χ4v) is 4.96. The second-order valence-electron chi connectivity index (χ2n) is 9.17. The Bertz CT molecular complexity index is 1080. The van der Waals surface area contributed by atoms with Gasteiger partial charge in [0.05, 0.1) is 30.4 Å². The van der Waals surface area contributed by atoms with E-state index in [1.165, 1.54) is 18.5 Å². The molecule has 0 unspecified atom stereocenters. The van der Waals surface area contributed by atoms with E-state index in [1.54, 1.807) is 0 Å². The molecule has 1 aliphatic carbocycles. The van der Waals surface area contributed by atoms with Gasteiger partial charge in [0.25, 0.3) is 0 Å². The highest BCUT2D eigenvalue weighted by Crippen LogP contribution is 2.38. The Hall–Kier alpha value is -2.44. The van der Waals surface area contributed by atoms with Crippen molar-refractivity contribution >= 4 is 16.7 Å². The average molecular weight is 407 g/mol. The van der Waals surface area contributed by atoms with Gasteiger partial charge < -0.3 is 9.67 Å². The predicted octanol–water partition coefficient (Wildman–Crippen LogP) is 3.50. The van der Waals surface area contributed by atoms with Crippen molar-refractivity contribution in [3.63, 3.8) is 0 Å². The zero-order valence-corrected chi connectivity index (χ0v) is 17.8. The van der Waals surface area contributed by atoms with Gasteiger partial charge in [0.15, 0.2) is 5.78 Å². The first-order chi connectivity index (χ1) is 14.4. The van der Waals surface area contributed by atoms with Gasteiger partial charge in [-0.05, 0) is 51.7 Å². The summed E-state index contributed by atoms with van der Waals surface area (Å²) < 4.78 is 4.24. The van der Waals surface area contributed by atoms with Gasteiger partial charge in [-0.25, -0.2) is 0 Å². The van der Waals surface area contributed by atoms with Crippen LogP contribution in [-0.2, 0) is 6.54 Å². The van der Waals surface area contributed by atoms with Crippen LogP contribution in [0.2, 0.25) is 0 Å². The Labute approximate surface area is 177 Å². The summed E-state index contributed by atoms with van der Waals surface area (Å²) >= 11 is 0. The third-order valence-electron chi connectivity index (χ3n) is 6.85. The van der Waals surface area contributed by atoms with E-state index in [-0.39, 0.29) is 5.78 Å². The molecule has 6 nitrogen and oxygen atoms in total. The van der Waals surface area contributed by atoms with Gasteiger partial charge in [0.2, 0.25) is 0 Å². The first kappa shape index (κ1) is 19.5. The summed E-state index contributed by atoms with van der Waals surface area (Å²) in [6, 6.07) is 10.7. The molecule has 0 atom stereocenters. The van der Waals surface area contributed by atoms with Crippen LogP contribution in [0.3, 0.4) is 0 Å². The van der Waals surface area contributed by atoms with Crippen LogP contribution in [0.15, 0.2) is 36.5 Å². The highest BCUT2D eigenvalue weighted by atomic mass is 16.3. The largest absolute Gasteiger partial charge is 0.388 e. The number of aromatic nitrogens is 3. The molecule has 2 aromatic heterocycles. The summed E-state index contributed by atoms with van der Waals surface area (Å²) in [7, 11) is 0. The molecule has 3 heterocycles. The third kappa shape index (κ3) is 3.59. The lowest BCUT2D eigenvalue weighted by molar-refractivity contribution is -0.0342. The minimum atomic E-state index is -0.782. The Morgan fingerprint density at radius 2 is 1.93 bits per heavy atom. The lowest BCUT2D eigenvalue weighted by Gasteiger charge is -2.38. The zero-order valence-electron chi connectivity index (χ0n) is 17.8. The number of aliphatic hydroxyl groups is 1. The standard InChI is InChI=1S/C24H30N4O2/c1-17-13-21(18(2)28(17)20-7-8-20)23(29)15-26-11-9-24(30,10-12-26)16-27-22-6-4-3-5-19(22)14-25-27/h3-6,13-14,20,30H,7-12,15-16H2,1-2H3. The van der Waals surface area contributed by atoms with E-state index >= 15 is 0 Å². The summed E-state index contributed by atoms with van der Waals surface area (Å²) in [6.07, 6.45) is 5.59. The van der Waals surface area contributed by atoms with Crippen molar-refractivity contribution in [3.05, 3.63) is 53.5 Å². The maximum Gasteiger partial charge on any atom is 0.178 e. The highest BCUT2D eigenvalue weighted by Gasteiger charge is 2.34. The highest BCUT2D eigenvalue weighted by molar-refractivity contribution is 5.99. The van der Waals surface area contributed by atoms with Crippen LogP contribution >= 0.6 is 0 Å². The number of carbonyl (C=O) groups excluding carboxylic acids is 1. The molecule has 0 bridgehead atoms. The lowest BCUT2D eigenvalue weighted by Crippen LogP contribution is -2.48. The average Bonchev–Trinajstić information content (AvgIpc) is 3.41. The van der Waals surface area contributed by atoms with Crippen LogP contribution in [0.1, 0.15) is 53.5 Å². The number of hydrogen-bond acceptors (Lipinski definition) is 4. The van der Waals surface area contributed by atoms with E-state index in [0.29, 0.717) is 32.0 Å². The number of piperidine rings is 1. The quantitative estimate of drug-likeness (QED) is 0.637. The van der Waals surface area contributed by atoms with Crippen LogP contribution < -0.4 is 0 Å². The number of ketones is 1. The maximum atomic E-state index is 13.0. The van der Waals surface area contributed by atoms with Crippen molar-refractivity contribution < 1.29 is 9.90 Å². The van der Waals surface area contributed by atoms with Gasteiger partial charge in [0.1, 0.15) is 0 Å². The van der Waals surface area contributed by atoms with E-state index in [2.05, 4.69) is 34.5 Å². The molecule has 0 amide bonds. The van der Waals surface area contributed by atoms with E-state index in [0.717, 1.165) is 35.2 Å². The number of fused-ring (bicyclic) bond motifs is 1. The van der Waals surface area contributed by atoms with Crippen molar-refractivity contribution in [1.82, 2.24) is 19.2 Å². The van der Waals surface area contributed by atoms with Crippen LogP contribution in [-0.4, -0.2) is 55.4 Å². The number of rotatable bonds is 6. The Balaban J connectivity index is 1.22. The molecule has 0 radical (unpaired) electrons. The van der Waals surface area contributed by atoms with Crippen LogP contribution in [0.4, 0.5) is 0 Å². The summed E-state index contributed by atoms with van der Waals surface area (Å²) in [4.78, 5) is 15.2. The number of benzene rings is 1. The number of Topliss-reactive ketones (excluding diaryl/α,β-unsaturated/α-hetero) is 1. The van der Waals surface area contributed by atoms with Gasteiger partial charge in [0, 0.05) is 41.5 Å². The predicted molar refractivity (Wildman–Crippen MR) is 117 cm³/mol. The second-order valence-corrected chi connectivity index (χ2v) is 9.17. The zero-order chi connectivity index (χ0) is 20.9. The minimum absolute atomic E-state index is 0.193. The van der Waals surface area contributed by atoms with E-state index in [1.807, 2.05) is 35.1 Å². The molecule has 158 valence electrons.